The summed E-state index contributed by atoms with van der Waals surface area (Å²) in [4.78, 5) is 37.3. The number of nitrogens with one attached hydrogen (secondary N) is 1. The number of para-hydroxylation sites is 2. The van der Waals surface area contributed by atoms with Crippen molar-refractivity contribution in [1.29, 1.82) is 0 Å². The summed E-state index contributed by atoms with van der Waals surface area (Å²) in [7, 11) is 0. The van der Waals surface area contributed by atoms with Crippen LogP contribution in [0.15, 0.2) is 54.6 Å². The van der Waals surface area contributed by atoms with Gasteiger partial charge in [0.05, 0.1) is 4.92 Å². The Morgan fingerprint density at radius 3 is 2.31 bits per heavy atom. The van der Waals surface area contributed by atoms with Crippen molar-refractivity contribution in [2.45, 2.75) is 57.0 Å². The molecule has 1 amide bonds. The summed E-state index contributed by atoms with van der Waals surface area (Å²) in [5.41, 5.74) is 0.549. The molecule has 2 aromatic rings. The van der Waals surface area contributed by atoms with Gasteiger partial charge in [0.15, 0.2) is 0 Å². The highest BCUT2D eigenvalue weighted by Gasteiger charge is 2.42. The lowest BCUT2D eigenvalue weighted by molar-refractivity contribution is -0.384. The highest BCUT2D eigenvalue weighted by molar-refractivity contribution is 5.88. The molecule has 188 valence electrons. The maximum Gasteiger partial charge on any atom is 0.471 e. The maximum atomic E-state index is 13.0. The van der Waals surface area contributed by atoms with Crippen molar-refractivity contribution in [2.24, 2.45) is 0 Å². The first-order valence-corrected chi connectivity index (χ1v) is 11.2. The van der Waals surface area contributed by atoms with E-state index in [1.54, 1.807) is 46.6 Å². The lowest BCUT2D eigenvalue weighted by Crippen LogP contribution is -2.54. The average molecular weight is 493 g/mol. The van der Waals surface area contributed by atoms with Crippen molar-refractivity contribution >= 4 is 23.3 Å². The van der Waals surface area contributed by atoms with Gasteiger partial charge in [0.1, 0.15) is 18.3 Å². The van der Waals surface area contributed by atoms with Gasteiger partial charge in [0, 0.05) is 18.7 Å². The number of ether oxygens (including phenoxy) is 1. The minimum atomic E-state index is -5.22. The van der Waals surface area contributed by atoms with E-state index < -0.39 is 35.6 Å². The summed E-state index contributed by atoms with van der Waals surface area (Å²) in [6, 6.07) is 12.4. The highest BCUT2D eigenvalue weighted by Crippen LogP contribution is 2.34. The van der Waals surface area contributed by atoms with Crippen LogP contribution in [0.3, 0.4) is 0 Å². The number of hydrogen-bond acceptors (Lipinski definition) is 6. The quantitative estimate of drug-likeness (QED) is 0.313. The number of anilines is 1. The number of halogens is 3. The van der Waals surface area contributed by atoms with Crippen LogP contribution in [0.1, 0.15) is 37.7 Å². The van der Waals surface area contributed by atoms with Gasteiger partial charge in [-0.2, -0.15) is 13.2 Å². The topological polar surface area (TPSA) is 102 Å². The number of rotatable bonds is 9. The lowest BCUT2D eigenvalue weighted by atomic mass is 9.93. The minimum Gasteiger partial charge on any atom is -0.459 e. The van der Waals surface area contributed by atoms with Gasteiger partial charge in [-0.25, -0.2) is 4.79 Å². The first-order valence-electron chi connectivity index (χ1n) is 11.2. The Labute approximate surface area is 200 Å². The number of amides is 1. The van der Waals surface area contributed by atoms with Gasteiger partial charge in [-0.3, -0.25) is 14.9 Å². The molecule has 1 aliphatic rings. The molecule has 0 heterocycles. The predicted octanol–water partition coefficient (Wildman–Crippen LogP) is 4.52. The molecule has 0 unspecified atom stereocenters. The molecular weight excluding hydrogens is 467 g/mol. The van der Waals surface area contributed by atoms with Crippen molar-refractivity contribution in [3.05, 3.63) is 70.3 Å². The lowest BCUT2D eigenvalue weighted by Gasteiger charge is -2.37. The molecule has 0 radical (unpaired) electrons. The third-order valence-electron chi connectivity index (χ3n) is 5.85. The van der Waals surface area contributed by atoms with Crippen LogP contribution < -0.4 is 10.2 Å². The van der Waals surface area contributed by atoms with Crippen LogP contribution in [-0.2, 0) is 20.9 Å². The average Bonchev–Trinajstić information content (AvgIpc) is 2.85. The molecule has 11 heteroatoms. The minimum absolute atomic E-state index is 0.173. The third kappa shape index (κ3) is 7.17. The Kier molecular flexibility index (Phi) is 8.67. The van der Waals surface area contributed by atoms with Crippen molar-refractivity contribution < 1.29 is 32.4 Å². The van der Waals surface area contributed by atoms with Crippen LogP contribution in [-0.4, -0.2) is 41.6 Å². The Hall–Kier alpha value is -3.63. The second-order valence-electron chi connectivity index (χ2n) is 8.31. The van der Waals surface area contributed by atoms with Crippen LogP contribution in [0.2, 0.25) is 0 Å². The molecule has 1 fully saturated rings. The molecule has 8 nitrogen and oxygen atoms in total. The van der Waals surface area contributed by atoms with Crippen LogP contribution in [0.25, 0.3) is 0 Å². The Morgan fingerprint density at radius 2 is 1.69 bits per heavy atom. The van der Waals surface area contributed by atoms with Gasteiger partial charge >= 0.3 is 18.1 Å². The number of alkyl halides is 3. The van der Waals surface area contributed by atoms with Crippen molar-refractivity contribution in [3.8, 4) is 0 Å². The Morgan fingerprint density at radius 1 is 1.06 bits per heavy atom. The Balaban J connectivity index is 1.91. The third-order valence-corrected chi connectivity index (χ3v) is 5.85. The standard InChI is InChI=1S/C24H26F3N3O5/c25-24(26,27)23(32)28-19(22(31)35-16-17-9-3-1-4-10-17)15-29(18-11-5-2-6-12-18)20-13-7-8-14-21(20)30(33)34/h1,3-4,7-10,13-14,18-19H,2,5-6,11-12,15-16H2,(H,28,32)/t19-/m1/s1. The van der Waals surface area contributed by atoms with Gasteiger partial charge < -0.3 is 15.0 Å². The normalized spacial score (nSPS) is 15.2. The van der Waals surface area contributed by atoms with E-state index in [9.17, 15) is 32.9 Å². The number of nitro groups is 1. The highest BCUT2D eigenvalue weighted by atomic mass is 19.4. The first kappa shape index (κ1) is 26.0. The summed E-state index contributed by atoms with van der Waals surface area (Å²) < 4.78 is 44.3. The smallest absolute Gasteiger partial charge is 0.459 e. The molecule has 0 spiro atoms. The van der Waals surface area contributed by atoms with Gasteiger partial charge in [-0.05, 0) is 24.5 Å². The van der Waals surface area contributed by atoms with E-state index in [2.05, 4.69) is 0 Å². The SMILES string of the molecule is O=C(OCc1ccccc1)[C@@H](CN(c1ccccc1[N+](=O)[O-])C1CCCCC1)NC(=O)C(F)(F)F. The molecule has 0 aliphatic heterocycles. The van der Waals surface area contributed by atoms with E-state index in [1.807, 2.05) is 0 Å². The summed E-state index contributed by atoms with van der Waals surface area (Å²) in [6.07, 6.45) is -1.29. The van der Waals surface area contributed by atoms with E-state index in [-0.39, 0.29) is 24.0 Å². The van der Waals surface area contributed by atoms with Crippen LogP contribution in [0.4, 0.5) is 24.5 Å². The second kappa shape index (κ2) is 11.7. The van der Waals surface area contributed by atoms with E-state index in [1.165, 1.54) is 18.2 Å². The van der Waals surface area contributed by atoms with Crippen LogP contribution >= 0.6 is 0 Å². The zero-order valence-electron chi connectivity index (χ0n) is 18.9. The second-order valence-corrected chi connectivity index (χ2v) is 8.31. The molecular formula is C24H26F3N3O5. The van der Waals surface area contributed by atoms with E-state index in [0.29, 0.717) is 18.4 Å². The van der Waals surface area contributed by atoms with Crippen molar-refractivity contribution in [1.82, 2.24) is 5.32 Å². The molecule has 1 atom stereocenters. The molecule has 2 aromatic carbocycles. The summed E-state index contributed by atoms with van der Waals surface area (Å²) in [5.74, 6) is -3.35. The van der Waals surface area contributed by atoms with E-state index in [4.69, 9.17) is 4.74 Å². The molecule has 35 heavy (non-hydrogen) atoms. The number of carbonyl (C=O) groups is 2. The van der Waals surface area contributed by atoms with E-state index >= 15 is 0 Å². The molecule has 3 rings (SSSR count). The molecule has 1 N–H and O–H groups in total. The van der Waals surface area contributed by atoms with Gasteiger partial charge in [0.2, 0.25) is 0 Å². The Bertz CT molecular complexity index is 1030. The number of hydrogen-bond donors (Lipinski definition) is 1. The van der Waals surface area contributed by atoms with Gasteiger partial charge in [-0.1, -0.05) is 61.7 Å². The van der Waals surface area contributed by atoms with E-state index in [0.717, 1.165) is 19.3 Å². The molecule has 1 aliphatic carbocycles. The fourth-order valence-electron chi connectivity index (χ4n) is 4.14. The number of nitrogens with zero attached hydrogens (tertiary/aromatic N) is 2. The zero-order valence-corrected chi connectivity index (χ0v) is 18.9. The van der Waals surface area contributed by atoms with Crippen LogP contribution in [0, 0.1) is 10.1 Å². The fraction of sp³-hybridized carbons (Fsp3) is 0.417. The summed E-state index contributed by atoms with van der Waals surface area (Å²) >= 11 is 0. The van der Waals surface area contributed by atoms with Gasteiger partial charge in [0.25, 0.3) is 5.69 Å². The largest absolute Gasteiger partial charge is 0.471 e. The summed E-state index contributed by atoms with van der Waals surface area (Å²) in [5, 5.41) is 13.4. The molecule has 1 saturated carbocycles. The monoisotopic (exact) mass is 493 g/mol. The number of nitro benzene ring substituents is 1. The zero-order chi connectivity index (χ0) is 25.4. The summed E-state index contributed by atoms with van der Waals surface area (Å²) in [6.45, 7) is -0.613. The molecule has 0 bridgehead atoms. The fourth-order valence-corrected chi connectivity index (χ4v) is 4.14. The van der Waals surface area contributed by atoms with Crippen molar-refractivity contribution in [3.63, 3.8) is 0 Å². The number of benzene rings is 2. The predicted molar refractivity (Wildman–Crippen MR) is 122 cm³/mol. The van der Waals surface area contributed by atoms with Crippen molar-refractivity contribution in [2.75, 3.05) is 11.4 Å². The number of carbonyl (C=O) groups excluding carboxylic acids is 2. The maximum absolute atomic E-state index is 13.0. The number of esters is 1. The first-order chi connectivity index (χ1) is 16.7. The molecule has 0 aromatic heterocycles. The van der Waals surface area contributed by atoms with Crippen LogP contribution in [0.5, 0.6) is 0 Å². The van der Waals surface area contributed by atoms with Gasteiger partial charge in [-0.15, -0.1) is 0 Å². The molecule has 0 saturated heterocycles.